The van der Waals surface area contributed by atoms with Gasteiger partial charge in [0, 0.05) is 52.7 Å². The maximum absolute atomic E-state index is 11.4. The van der Waals surface area contributed by atoms with Crippen molar-refractivity contribution in [1.29, 1.82) is 0 Å². The van der Waals surface area contributed by atoms with Crippen LogP contribution in [-0.2, 0) is 41.3 Å². The van der Waals surface area contributed by atoms with E-state index in [-0.39, 0.29) is 106 Å². The number of aryl methyl sites for hydroxylation is 5. The van der Waals surface area contributed by atoms with E-state index < -0.39 is 9.23 Å². The van der Waals surface area contributed by atoms with Gasteiger partial charge in [-0.15, -0.1) is 11.6 Å². The van der Waals surface area contributed by atoms with E-state index in [4.69, 9.17) is 71.0 Å². The number of benzene rings is 5. The molecule has 5 aromatic rings. The van der Waals surface area contributed by atoms with Crippen LogP contribution in [0.15, 0.2) is 96.1 Å². The van der Waals surface area contributed by atoms with Crippen molar-refractivity contribution < 1.29 is 74.7 Å². The second kappa shape index (κ2) is 39.3. The fourth-order valence-corrected chi connectivity index (χ4v) is 9.66. The summed E-state index contributed by atoms with van der Waals surface area (Å²) in [6, 6.07) is 28.3. The first-order chi connectivity index (χ1) is 35.7. The molecule has 0 fully saturated rings. The van der Waals surface area contributed by atoms with E-state index in [0.717, 1.165) is 135 Å². The molecule has 78 heavy (non-hydrogen) atoms. The second-order valence-electron chi connectivity index (χ2n) is 17.4. The Bertz CT molecular complexity index is 2960. The number of aliphatic hydroxyl groups excluding tert-OH is 1. The summed E-state index contributed by atoms with van der Waals surface area (Å²) < 4.78 is 9.09. The van der Waals surface area contributed by atoms with Gasteiger partial charge in [0.1, 0.15) is 0 Å². The molecular weight excluding hydrogens is 1080 g/mol. The molecule has 0 saturated heterocycles. The van der Waals surface area contributed by atoms with Gasteiger partial charge >= 0.3 is 59.1 Å². The summed E-state index contributed by atoms with van der Waals surface area (Å²) in [6.45, 7) is 34.5. The minimum atomic E-state index is -1.67. The largest absolute Gasteiger partial charge is 1.00 e. The molecule has 5 aliphatic rings. The van der Waals surface area contributed by atoms with Crippen LogP contribution in [0.1, 0.15) is 157 Å². The Morgan fingerprint density at radius 1 is 0.564 bits per heavy atom. The summed E-state index contributed by atoms with van der Waals surface area (Å²) in [7, 11) is 7.36. The number of nitrogens with zero attached hydrogens (tertiary/aromatic N) is 11. The fraction of sp³-hybridized carbons (Fsp3) is 0.357. The number of azide groups is 1. The summed E-state index contributed by atoms with van der Waals surface area (Å²) in [6.07, 6.45) is 14.6. The molecule has 4 atom stereocenters. The first kappa shape index (κ1) is 72.8. The average molecular weight is 1140 g/mol. The van der Waals surface area contributed by atoms with Gasteiger partial charge in [0.2, 0.25) is 9.23 Å². The van der Waals surface area contributed by atoms with E-state index in [1.54, 1.807) is 24.3 Å². The van der Waals surface area contributed by atoms with Crippen molar-refractivity contribution in [3.05, 3.63) is 230 Å². The number of aliphatic hydroxyl groups is 1. The molecular formula is C56H57BCl3N12Na2O3S. The minimum absolute atomic E-state index is 0. The molecule has 0 amide bonds. The molecule has 3 radical (unpaired) electrons. The van der Waals surface area contributed by atoms with Gasteiger partial charge < -0.3 is 23.3 Å². The minimum Gasteiger partial charge on any atom is -1.00 e. The first-order valence-electron chi connectivity index (χ1n) is 23.6. The van der Waals surface area contributed by atoms with E-state index in [0.29, 0.717) is 23.5 Å². The Hall–Kier alpha value is -5.16. The summed E-state index contributed by atoms with van der Waals surface area (Å²) in [5.41, 5.74) is 42.6. The molecule has 3 N–H and O–H groups in total. The number of ketones is 1. The van der Waals surface area contributed by atoms with Crippen molar-refractivity contribution in [2.24, 2.45) is 10.8 Å². The van der Waals surface area contributed by atoms with Gasteiger partial charge in [0.05, 0.1) is 50.4 Å². The standard InChI is InChI=1S/C11H10ClN.C11H10N4.C11H12N2.C11H11NO.C11H9NO.CH4.B.Cl2OS.N3.2Na.H/c1-13-9-5-6-10-8(7-9)3-2-4-11(10)12;1-13-9-5-6-10-8(7-9)3-2-4-11(10)14-15-12;1-13-9-5-6-10-8(7-9)3-2-4-11(10)12;2*1-12-9-5-6-10-8(7-9)3-2-4-11(10)13;;;1-4(2)3;1-3-2;;;/h5-7,11H,2-4H2;5-7,11H,2-4H2;5-7,11H,2-4,12H2;5-7,11,13H,2-4H2;5-7H,2-4H2;1H4;;;;;;/q;;;;;;;;-1;2*+1;-1. The quantitative estimate of drug-likeness (QED) is 0.0319. The number of nitrogens with two attached hydrogens (primary N) is 1. The van der Waals surface area contributed by atoms with E-state index in [1.165, 1.54) is 27.2 Å². The molecule has 5 aromatic carbocycles. The van der Waals surface area contributed by atoms with Crippen LogP contribution in [0.3, 0.4) is 0 Å². The van der Waals surface area contributed by atoms with E-state index in [2.05, 4.69) is 55.6 Å². The van der Waals surface area contributed by atoms with Crippen LogP contribution < -0.4 is 64.8 Å². The third-order valence-electron chi connectivity index (χ3n) is 12.7. The number of carbonyl (C=O) groups is 1. The Balaban J connectivity index is 0. The van der Waals surface area contributed by atoms with Gasteiger partial charge in [-0.3, -0.25) is 9.71 Å². The Morgan fingerprint density at radius 2 is 0.923 bits per heavy atom. The van der Waals surface area contributed by atoms with Crippen molar-refractivity contribution >= 4 is 84.8 Å². The molecule has 0 heterocycles. The molecule has 10 rings (SSSR count). The van der Waals surface area contributed by atoms with E-state index >= 15 is 0 Å². The van der Waals surface area contributed by atoms with Gasteiger partial charge in [-0.05, 0) is 123 Å². The third-order valence-corrected chi connectivity index (χ3v) is 13.2. The van der Waals surface area contributed by atoms with Gasteiger partial charge in [0.25, 0.3) is 0 Å². The van der Waals surface area contributed by atoms with Gasteiger partial charge in [-0.25, -0.2) is 28.4 Å². The van der Waals surface area contributed by atoms with Crippen LogP contribution in [0.2, 0.25) is 0 Å². The monoisotopic (exact) mass is 1140 g/mol. The van der Waals surface area contributed by atoms with Crippen molar-refractivity contribution in [3.63, 3.8) is 0 Å². The summed E-state index contributed by atoms with van der Waals surface area (Å²) >= 11 is 6.17. The van der Waals surface area contributed by atoms with Gasteiger partial charge in [-0.1, -0.05) is 126 Å². The number of hydrogen-bond donors (Lipinski definition) is 2. The normalized spacial score (nSPS) is 16.8. The molecule has 0 bridgehead atoms. The number of halogens is 3. The van der Waals surface area contributed by atoms with Crippen LogP contribution in [0.25, 0.3) is 50.6 Å². The van der Waals surface area contributed by atoms with Crippen LogP contribution in [0.5, 0.6) is 0 Å². The summed E-state index contributed by atoms with van der Waals surface area (Å²) in [4.78, 5) is 32.7. The summed E-state index contributed by atoms with van der Waals surface area (Å²) in [5.74, 6) is 0.220. The van der Waals surface area contributed by atoms with E-state index in [1.807, 2.05) is 66.7 Å². The maximum Gasteiger partial charge on any atom is 1.00 e. The number of Topliss-reactive ketones (excluding diaryl/α,β-unsaturated/α-hetero) is 1. The molecule has 0 aromatic heterocycles. The molecule has 4 unspecified atom stereocenters. The number of fused-ring (bicyclic) bond motifs is 5. The van der Waals surface area contributed by atoms with E-state index in [9.17, 15) is 9.90 Å². The number of rotatable bonds is 1. The zero-order chi connectivity index (χ0) is 54.0. The average Bonchev–Trinajstić information content (AvgIpc) is 3.41. The predicted molar refractivity (Wildman–Crippen MR) is 308 cm³/mol. The van der Waals surface area contributed by atoms with Crippen molar-refractivity contribution in [2.75, 3.05) is 0 Å². The van der Waals surface area contributed by atoms with Crippen LogP contribution in [-0.4, -0.2) is 23.5 Å². The van der Waals surface area contributed by atoms with Gasteiger partial charge in [-0.2, -0.15) is 0 Å². The predicted octanol–water partition coefficient (Wildman–Crippen LogP) is 12.0. The molecule has 0 aliphatic heterocycles. The van der Waals surface area contributed by atoms with Crippen LogP contribution >= 0.6 is 33.0 Å². The number of alkyl halides is 1. The Labute approximate surface area is 522 Å². The molecule has 5 aliphatic carbocycles. The molecule has 0 spiro atoms. The first-order valence-corrected chi connectivity index (χ1v) is 26.9. The Kier molecular flexibility index (Phi) is 36.7. The SMILES string of the molecule is C.O=S(Cl)Cl.[B].[C-]#[N+]c1ccc2c(c1)CCCC2=O.[C-]#[N+]c1ccc2c(c1)CCCC2Cl.[C-]#[N+]c1ccc2c(c1)CCCC2N.[C-]#[N+]c1ccc2c(c1)CCCC2N=[N+]=[N-].[C-]#[N+]c1ccc2c(c1)CCCC2O.[H-].[N-]=[N+]=[N-].[Na+].[Na+]. The maximum atomic E-state index is 11.4. The fourth-order valence-electron chi connectivity index (χ4n) is 9.29. The zero-order valence-corrected chi connectivity index (χ0v) is 50.0. The smallest absolute Gasteiger partial charge is 1.00 e. The molecule has 0 saturated carbocycles. The Morgan fingerprint density at radius 3 is 1.41 bits per heavy atom. The van der Waals surface area contributed by atoms with Crippen molar-refractivity contribution in [2.45, 2.75) is 127 Å². The zero-order valence-electron chi connectivity index (χ0n) is 44.0. The summed E-state index contributed by atoms with van der Waals surface area (Å²) in [5, 5.41) is 13.6. The van der Waals surface area contributed by atoms with Crippen molar-refractivity contribution in [3.8, 4) is 0 Å². The van der Waals surface area contributed by atoms with Crippen LogP contribution in [0, 0.1) is 32.9 Å². The van der Waals surface area contributed by atoms with Crippen molar-refractivity contribution in [1.82, 2.24) is 0 Å². The number of carbonyl (C=O) groups excluding carboxylic acids is 1. The number of hydrogen-bond acceptors (Lipinski definition) is 5. The second-order valence-corrected chi connectivity index (χ2v) is 20.4. The topological polar surface area (TPSA) is 210 Å². The molecule has 22 heteroatoms. The third kappa shape index (κ3) is 22.9. The van der Waals surface area contributed by atoms with Crippen LogP contribution in [0.4, 0.5) is 28.4 Å². The van der Waals surface area contributed by atoms with Gasteiger partial charge in [0.15, 0.2) is 34.2 Å². The molecule has 391 valence electrons. The molecule has 15 nitrogen and oxygen atoms in total.